The molecule has 1 aliphatic heterocycles. The predicted octanol–water partition coefficient (Wildman–Crippen LogP) is 2.51. The van der Waals surface area contributed by atoms with Gasteiger partial charge in [-0.1, -0.05) is 12.1 Å². The third-order valence-electron chi connectivity index (χ3n) is 5.05. The van der Waals surface area contributed by atoms with Crippen molar-refractivity contribution < 1.29 is 9.59 Å². The number of thiol groups is 1. The molecule has 3 nitrogen and oxygen atoms in total. The Hall–Kier alpha value is -1.29. The third kappa shape index (κ3) is 1.41. The van der Waals surface area contributed by atoms with E-state index in [-0.39, 0.29) is 23.7 Å². The van der Waals surface area contributed by atoms with E-state index in [1.54, 1.807) is 6.07 Å². The second kappa shape index (κ2) is 3.85. The zero-order valence-electron chi connectivity index (χ0n) is 10.5. The van der Waals surface area contributed by atoms with Gasteiger partial charge in [-0.15, -0.1) is 12.6 Å². The lowest BCUT2D eigenvalue weighted by molar-refractivity contribution is -0.123. The van der Waals surface area contributed by atoms with Gasteiger partial charge in [0.2, 0.25) is 11.8 Å². The van der Waals surface area contributed by atoms with Crippen molar-refractivity contribution in [3.63, 3.8) is 0 Å². The van der Waals surface area contributed by atoms with E-state index in [2.05, 4.69) is 12.6 Å². The average molecular weight is 273 g/mol. The monoisotopic (exact) mass is 273 g/mol. The molecule has 2 bridgehead atoms. The lowest BCUT2D eigenvalue weighted by Gasteiger charge is -2.19. The van der Waals surface area contributed by atoms with E-state index in [1.807, 2.05) is 18.2 Å². The van der Waals surface area contributed by atoms with Gasteiger partial charge >= 0.3 is 0 Å². The number of nitrogens with zero attached hydrogens (tertiary/aromatic N) is 1. The van der Waals surface area contributed by atoms with Crippen LogP contribution in [0, 0.1) is 23.7 Å². The fraction of sp³-hybridized carbons (Fsp3) is 0.467. The van der Waals surface area contributed by atoms with Crippen LogP contribution in [0.4, 0.5) is 5.69 Å². The van der Waals surface area contributed by atoms with Gasteiger partial charge < -0.3 is 0 Å². The van der Waals surface area contributed by atoms with Crippen molar-refractivity contribution in [1.29, 1.82) is 0 Å². The van der Waals surface area contributed by atoms with E-state index in [9.17, 15) is 9.59 Å². The van der Waals surface area contributed by atoms with Crippen LogP contribution >= 0.6 is 12.6 Å². The number of carbonyl (C=O) groups excluding carboxylic acids is 2. The molecule has 1 heterocycles. The van der Waals surface area contributed by atoms with Gasteiger partial charge in [-0.25, -0.2) is 4.90 Å². The van der Waals surface area contributed by atoms with E-state index in [0.29, 0.717) is 22.4 Å². The molecule has 1 saturated heterocycles. The number of hydrogen-bond acceptors (Lipinski definition) is 3. The number of para-hydroxylation sites is 1. The van der Waals surface area contributed by atoms with Crippen LogP contribution in [0.25, 0.3) is 0 Å². The number of anilines is 1. The van der Waals surface area contributed by atoms with Crippen molar-refractivity contribution in [3.8, 4) is 0 Å². The van der Waals surface area contributed by atoms with Crippen molar-refractivity contribution in [1.82, 2.24) is 0 Å². The molecule has 3 aliphatic rings. The molecule has 0 aromatic heterocycles. The second-order valence-corrected chi connectivity index (χ2v) is 6.37. The Kier molecular flexibility index (Phi) is 2.34. The van der Waals surface area contributed by atoms with Crippen LogP contribution < -0.4 is 4.90 Å². The highest BCUT2D eigenvalue weighted by molar-refractivity contribution is 7.80. The maximum Gasteiger partial charge on any atom is 0.238 e. The molecule has 1 aromatic carbocycles. The number of carbonyl (C=O) groups is 2. The lowest BCUT2D eigenvalue weighted by atomic mass is 9.81. The van der Waals surface area contributed by atoms with Crippen LogP contribution in [0.5, 0.6) is 0 Å². The number of benzene rings is 1. The quantitative estimate of drug-likeness (QED) is 0.630. The average Bonchev–Trinajstić information content (AvgIpc) is 3.06. The summed E-state index contributed by atoms with van der Waals surface area (Å²) in [6.45, 7) is 0. The van der Waals surface area contributed by atoms with Crippen molar-refractivity contribution in [2.75, 3.05) is 4.90 Å². The molecular weight excluding hydrogens is 258 g/mol. The maximum absolute atomic E-state index is 12.6. The third-order valence-corrected chi connectivity index (χ3v) is 5.43. The van der Waals surface area contributed by atoms with Crippen molar-refractivity contribution in [2.45, 2.75) is 24.2 Å². The van der Waals surface area contributed by atoms with Crippen LogP contribution in [-0.4, -0.2) is 11.8 Å². The highest BCUT2D eigenvalue weighted by atomic mass is 32.1. The lowest BCUT2D eigenvalue weighted by Crippen LogP contribution is -2.33. The molecule has 3 fully saturated rings. The van der Waals surface area contributed by atoms with Crippen molar-refractivity contribution >= 4 is 30.1 Å². The number of hydrogen-bond donors (Lipinski definition) is 1. The molecule has 1 aromatic rings. The van der Waals surface area contributed by atoms with Crippen LogP contribution in [0.15, 0.2) is 29.2 Å². The number of imide groups is 1. The first-order valence-corrected chi connectivity index (χ1v) is 7.29. The smallest absolute Gasteiger partial charge is 0.238 e. The Morgan fingerprint density at radius 1 is 1.00 bits per heavy atom. The highest BCUT2D eigenvalue weighted by Crippen LogP contribution is 2.56. The first-order chi connectivity index (χ1) is 9.18. The molecule has 2 amide bonds. The van der Waals surface area contributed by atoms with E-state index < -0.39 is 0 Å². The molecule has 4 rings (SSSR count). The summed E-state index contributed by atoms with van der Waals surface area (Å²) in [5, 5.41) is 0. The molecule has 0 radical (unpaired) electrons. The molecule has 4 unspecified atom stereocenters. The van der Waals surface area contributed by atoms with Crippen LogP contribution in [0.3, 0.4) is 0 Å². The van der Waals surface area contributed by atoms with Gasteiger partial charge in [-0.3, -0.25) is 9.59 Å². The maximum atomic E-state index is 12.6. The number of fused-ring (bicyclic) bond motifs is 5. The van der Waals surface area contributed by atoms with E-state index in [1.165, 1.54) is 4.90 Å². The number of rotatable bonds is 1. The zero-order valence-corrected chi connectivity index (χ0v) is 11.3. The first kappa shape index (κ1) is 11.5. The van der Waals surface area contributed by atoms with Gasteiger partial charge in [0.05, 0.1) is 17.5 Å². The normalized spacial score (nSPS) is 36.2. The molecule has 2 aliphatic carbocycles. The van der Waals surface area contributed by atoms with Gasteiger partial charge in [0.1, 0.15) is 0 Å². The van der Waals surface area contributed by atoms with Crippen LogP contribution in [0.2, 0.25) is 0 Å². The summed E-state index contributed by atoms with van der Waals surface area (Å²) in [5.74, 6) is 0.762. The Bertz CT molecular complexity index is 557. The van der Waals surface area contributed by atoms with Gasteiger partial charge in [-0.2, -0.15) is 0 Å². The minimum atomic E-state index is -0.0563. The Balaban J connectivity index is 1.78. The van der Waals surface area contributed by atoms with Gasteiger partial charge in [0.15, 0.2) is 0 Å². The summed E-state index contributed by atoms with van der Waals surface area (Å²) in [5.41, 5.74) is 0.648. The summed E-state index contributed by atoms with van der Waals surface area (Å²) in [4.78, 5) is 27.3. The first-order valence-electron chi connectivity index (χ1n) is 6.84. The van der Waals surface area contributed by atoms with Gasteiger partial charge in [0.25, 0.3) is 0 Å². The van der Waals surface area contributed by atoms with E-state index >= 15 is 0 Å². The molecule has 19 heavy (non-hydrogen) atoms. The molecule has 98 valence electrons. The molecule has 4 heteroatoms. The largest absolute Gasteiger partial charge is 0.274 e. The Morgan fingerprint density at radius 2 is 1.58 bits per heavy atom. The van der Waals surface area contributed by atoms with Crippen LogP contribution in [0.1, 0.15) is 19.3 Å². The molecule has 2 saturated carbocycles. The van der Waals surface area contributed by atoms with Crippen LogP contribution in [-0.2, 0) is 9.59 Å². The Morgan fingerprint density at radius 3 is 2.16 bits per heavy atom. The fourth-order valence-electron chi connectivity index (χ4n) is 4.30. The minimum absolute atomic E-state index is 0.00343. The summed E-state index contributed by atoms with van der Waals surface area (Å²) < 4.78 is 0. The highest BCUT2D eigenvalue weighted by Gasteiger charge is 2.61. The molecule has 0 N–H and O–H groups in total. The van der Waals surface area contributed by atoms with Crippen molar-refractivity contribution in [3.05, 3.63) is 24.3 Å². The van der Waals surface area contributed by atoms with Gasteiger partial charge in [0, 0.05) is 4.90 Å². The molecule has 0 spiro atoms. The van der Waals surface area contributed by atoms with E-state index in [0.717, 1.165) is 19.3 Å². The Labute approximate surface area is 117 Å². The standard InChI is InChI=1S/C15H15NO2S/c17-14-12-8-5-6-9(7-8)13(12)15(18)16(14)10-3-1-2-4-11(10)19/h1-4,8-9,12-13,19H,5-7H2. The van der Waals surface area contributed by atoms with Crippen molar-refractivity contribution in [2.24, 2.45) is 23.7 Å². The molecule has 4 atom stereocenters. The summed E-state index contributed by atoms with van der Waals surface area (Å²) >= 11 is 4.38. The zero-order chi connectivity index (χ0) is 13.1. The summed E-state index contributed by atoms with van der Waals surface area (Å²) in [6.07, 6.45) is 3.30. The minimum Gasteiger partial charge on any atom is -0.274 e. The van der Waals surface area contributed by atoms with E-state index in [4.69, 9.17) is 0 Å². The second-order valence-electron chi connectivity index (χ2n) is 5.89. The topological polar surface area (TPSA) is 37.4 Å². The van der Waals surface area contributed by atoms with Gasteiger partial charge in [-0.05, 0) is 43.2 Å². The molecular formula is C15H15NO2S. The predicted molar refractivity (Wildman–Crippen MR) is 74.0 cm³/mol. The SMILES string of the molecule is O=C1C2C3CCC(C3)C2C(=O)N1c1ccccc1S. The summed E-state index contributed by atoms with van der Waals surface area (Å²) in [6, 6.07) is 7.34. The fourth-order valence-corrected chi connectivity index (χ4v) is 4.56. The summed E-state index contributed by atoms with van der Waals surface area (Å²) in [7, 11) is 0. The number of amides is 2.